The van der Waals surface area contributed by atoms with Gasteiger partial charge in [-0.1, -0.05) is 24.3 Å². The van der Waals surface area contributed by atoms with E-state index < -0.39 is 0 Å². The molecule has 0 bridgehead atoms. The summed E-state index contributed by atoms with van der Waals surface area (Å²) >= 11 is 0. The number of hydrogen-bond acceptors (Lipinski definition) is 1. The summed E-state index contributed by atoms with van der Waals surface area (Å²) in [5, 5.41) is 1.29. The second kappa shape index (κ2) is 3.49. The van der Waals surface area contributed by atoms with Crippen LogP contribution in [0.4, 0.5) is 0 Å². The lowest BCUT2D eigenvalue weighted by molar-refractivity contribution is 1.04. The second-order valence-electron chi connectivity index (χ2n) is 3.89. The molecule has 78 valence electrons. The lowest BCUT2D eigenvalue weighted by Gasteiger charge is -2.02. The molecule has 2 nitrogen and oxygen atoms in total. The van der Waals surface area contributed by atoms with Gasteiger partial charge in [0, 0.05) is 17.8 Å². The Morgan fingerprint density at radius 3 is 2.62 bits per heavy atom. The Bertz CT molecular complexity index is 624. The molecule has 0 fully saturated rings. The van der Waals surface area contributed by atoms with Crippen LogP contribution in [-0.4, -0.2) is 9.55 Å². The summed E-state index contributed by atoms with van der Waals surface area (Å²) in [6.45, 7) is 2.13. The first-order valence-corrected chi connectivity index (χ1v) is 5.34. The van der Waals surface area contributed by atoms with E-state index in [0.717, 1.165) is 5.82 Å². The van der Waals surface area contributed by atoms with Crippen LogP contribution in [0.2, 0.25) is 0 Å². The number of fused-ring (bicyclic) bond motifs is 1. The largest absolute Gasteiger partial charge is 0.301 e. The predicted octanol–water partition coefficient (Wildman–Crippen LogP) is 3.33. The van der Waals surface area contributed by atoms with Crippen molar-refractivity contribution in [3.63, 3.8) is 0 Å². The Morgan fingerprint density at radius 2 is 1.81 bits per heavy atom. The highest BCUT2D eigenvalue weighted by molar-refractivity contribution is 5.85. The van der Waals surface area contributed by atoms with Gasteiger partial charge in [0.15, 0.2) is 0 Å². The van der Waals surface area contributed by atoms with Crippen molar-refractivity contribution < 1.29 is 0 Å². The van der Waals surface area contributed by atoms with Crippen LogP contribution in [0.25, 0.3) is 16.7 Å². The van der Waals surface area contributed by atoms with E-state index in [2.05, 4.69) is 46.9 Å². The topological polar surface area (TPSA) is 17.8 Å². The molecule has 0 unspecified atom stereocenters. The molecule has 0 aliphatic rings. The highest BCUT2D eigenvalue weighted by Crippen LogP contribution is 2.22. The Balaban J connectivity index is 2.33. The molecule has 1 aromatic carbocycles. The molecule has 0 N–H and O–H groups in total. The molecule has 0 saturated heterocycles. The van der Waals surface area contributed by atoms with E-state index in [1.165, 1.54) is 16.5 Å². The van der Waals surface area contributed by atoms with Crippen molar-refractivity contribution in [3.8, 4) is 5.82 Å². The third-order valence-electron chi connectivity index (χ3n) is 2.81. The zero-order valence-electron chi connectivity index (χ0n) is 9.09. The van der Waals surface area contributed by atoms with E-state index in [-0.39, 0.29) is 0 Å². The van der Waals surface area contributed by atoms with E-state index in [0.29, 0.717) is 0 Å². The summed E-state index contributed by atoms with van der Waals surface area (Å²) in [6.07, 6.45) is 3.95. The van der Waals surface area contributed by atoms with Crippen LogP contribution < -0.4 is 0 Å². The number of hydrogen-bond donors (Lipinski definition) is 0. The summed E-state index contributed by atoms with van der Waals surface area (Å²) in [7, 11) is 0. The third kappa shape index (κ3) is 1.31. The number of aryl methyl sites for hydroxylation is 1. The second-order valence-corrected chi connectivity index (χ2v) is 3.89. The molecule has 0 amide bonds. The molecule has 0 radical (unpaired) electrons. The molecule has 2 aromatic heterocycles. The van der Waals surface area contributed by atoms with Crippen LogP contribution >= 0.6 is 0 Å². The Hall–Kier alpha value is -2.09. The average Bonchev–Trinajstić information content (AvgIpc) is 2.69. The maximum absolute atomic E-state index is 4.38. The summed E-state index contributed by atoms with van der Waals surface area (Å²) in [5.41, 5.74) is 2.49. The number of pyridine rings is 1. The Labute approximate surface area is 94.2 Å². The van der Waals surface area contributed by atoms with Crippen LogP contribution in [0.3, 0.4) is 0 Å². The first-order valence-electron chi connectivity index (χ1n) is 5.34. The van der Waals surface area contributed by atoms with Crippen molar-refractivity contribution >= 4 is 10.9 Å². The van der Waals surface area contributed by atoms with E-state index in [9.17, 15) is 0 Å². The molecule has 0 atom stereocenters. The zero-order chi connectivity index (χ0) is 11.0. The van der Waals surface area contributed by atoms with Crippen molar-refractivity contribution in [2.75, 3.05) is 0 Å². The molecule has 0 aliphatic carbocycles. The van der Waals surface area contributed by atoms with Gasteiger partial charge >= 0.3 is 0 Å². The number of rotatable bonds is 1. The highest BCUT2D eigenvalue weighted by atomic mass is 15.0. The first-order chi connectivity index (χ1) is 7.86. The minimum Gasteiger partial charge on any atom is -0.301 e. The number of benzene rings is 1. The first kappa shape index (κ1) is 9.16. The fraction of sp³-hybridized carbons (Fsp3) is 0.0714. The molecular formula is C14H12N2. The SMILES string of the molecule is Cc1cn(-c2ccccn2)c2ccccc12. The summed E-state index contributed by atoms with van der Waals surface area (Å²) in [6, 6.07) is 14.3. The molecule has 3 rings (SSSR count). The summed E-state index contributed by atoms with van der Waals surface area (Å²) in [4.78, 5) is 4.38. The predicted molar refractivity (Wildman–Crippen MR) is 65.8 cm³/mol. The standard InChI is InChI=1S/C14H12N2/c1-11-10-16(14-8-4-5-9-15-14)13-7-3-2-6-12(11)13/h2-10H,1H3. The summed E-state index contributed by atoms with van der Waals surface area (Å²) < 4.78 is 2.13. The van der Waals surface area contributed by atoms with Crippen LogP contribution in [0, 0.1) is 6.92 Å². The molecule has 0 spiro atoms. The van der Waals surface area contributed by atoms with Crippen LogP contribution in [-0.2, 0) is 0 Å². The molecule has 0 saturated carbocycles. The Morgan fingerprint density at radius 1 is 1.00 bits per heavy atom. The van der Waals surface area contributed by atoms with Gasteiger partial charge in [-0.2, -0.15) is 0 Å². The van der Waals surface area contributed by atoms with Crippen molar-refractivity contribution in [1.82, 2.24) is 9.55 Å². The normalized spacial score (nSPS) is 10.8. The van der Waals surface area contributed by atoms with Gasteiger partial charge in [-0.3, -0.25) is 0 Å². The van der Waals surface area contributed by atoms with Crippen molar-refractivity contribution in [1.29, 1.82) is 0 Å². The molecule has 16 heavy (non-hydrogen) atoms. The lowest BCUT2D eigenvalue weighted by atomic mass is 10.2. The molecule has 2 heteroatoms. The highest BCUT2D eigenvalue weighted by Gasteiger charge is 2.05. The summed E-state index contributed by atoms with van der Waals surface area (Å²) in [5.74, 6) is 0.965. The van der Waals surface area contributed by atoms with Gasteiger partial charge in [-0.25, -0.2) is 4.98 Å². The molecular weight excluding hydrogens is 196 g/mol. The number of para-hydroxylation sites is 1. The fourth-order valence-corrected chi connectivity index (χ4v) is 2.04. The maximum atomic E-state index is 4.38. The number of nitrogens with zero attached hydrogens (tertiary/aromatic N) is 2. The quantitative estimate of drug-likeness (QED) is 0.599. The molecule has 0 aliphatic heterocycles. The van der Waals surface area contributed by atoms with E-state index in [4.69, 9.17) is 0 Å². The van der Waals surface area contributed by atoms with Gasteiger partial charge in [0.25, 0.3) is 0 Å². The van der Waals surface area contributed by atoms with Gasteiger partial charge in [0.2, 0.25) is 0 Å². The third-order valence-corrected chi connectivity index (χ3v) is 2.81. The van der Waals surface area contributed by atoms with Gasteiger partial charge in [-0.05, 0) is 30.7 Å². The van der Waals surface area contributed by atoms with Crippen LogP contribution in [0.5, 0.6) is 0 Å². The van der Waals surface area contributed by atoms with Crippen LogP contribution in [0.1, 0.15) is 5.56 Å². The Kier molecular flexibility index (Phi) is 2.00. The van der Waals surface area contributed by atoms with Crippen molar-refractivity contribution in [2.45, 2.75) is 6.92 Å². The molecule has 3 aromatic rings. The zero-order valence-corrected chi connectivity index (χ0v) is 9.09. The van der Waals surface area contributed by atoms with Gasteiger partial charge < -0.3 is 4.57 Å². The maximum Gasteiger partial charge on any atom is 0.137 e. The van der Waals surface area contributed by atoms with E-state index in [1.54, 1.807) is 0 Å². The van der Waals surface area contributed by atoms with Crippen molar-refractivity contribution in [2.24, 2.45) is 0 Å². The molecule has 2 heterocycles. The van der Waals surface area contributed by atoms with Gasteiger partial charge in [-0.15, -0.1) is 0 Å². The lowest BCUT2D eigenvalue weighted by Crippen LogP contribution is -1.93. The fourth-order valence-electron chi connectivity index (χ4n) is 2.04. The number of aromatic nitrogens is 2. The average molecular weight is 208 g/mol. The van der Waals surface area contributed by atoms with E-state index in [1.807, 2.05) is 24.4 Å². The smallest absolute Gasteiger partial charge is 0.137 e. The van der Waals surface area contributed by atoms with E-state index >= 15 is 0 Å². The minimum atomic E-state index is 0.965. The van der Waals surface area contributed by atoms with Crippen LogP contribution in [0.15, 0.2) is 54.9 Å². The van der Waals surface area contributed by atoms with Gasteiger partial charge in [0.1, 0.15) is 5.82 Å². The van der Waals surface area contributed by atoms with Crippen molar-refractivity contribution in [3.05, 3.63) is 60.4 Å². The monoisotopic (exact) mass is 208 g/mol. The minimum absolute atomic E-state index is 0.965. The van der Waals surface area contributed by atoms with Gasteiger partial charge in [0.05, 0.1) is 5.52 Å².